The number of carbonyl (C=O) groups excluding carboxylic acids is 1. The number of hydrogen-bond acceptors (Lipinski definition) is 3. The third-order valence-corrected chi connectivity index (χ3v) is 3.13. The van der Waals surface area contributed by atoms with Gasteiger partial charge in [0.1, 0.15) is 11.5 Å². The lowest BCUT2D eigenvalue weighted by Gasteiger charge is -2.15. The van der Waals surface area contributed by atoms with E-state index in [1.54, 1.807) is 30.3 Å². The van der Waals surface area contributed by atoms with Crippen LogP contribution in [-0.4, -0.2) is 18.9 Å². The number of carbonyl (C=O) groups is 1. The maximum atomic E-state index is 12.7. The molecule has 3 nitrogen and oxygen atoms in total. The van der Waals surface area contributed by atoms with E-state index in [1.807, 2.05) is 0 Å². The number of aryl methyl sites for hydroxylation is 1. The Labute approximate surface area is 145 Å². The maximum Gasteiger partial charge on any atom is 0.167 e. The molecule has 116 valence electrons. The lowest BCUT2D eigenvalue weighted by atomic mass is 10.0. The Kier molecular flexibility index (Phi) is 2.54. The lowest BCUT2D eigenvalue weighted by molar-refractivity contribution is 0.0991. The van der Waals surface area contributed by atoms with Crippen molar-refractivity contribution in [3.05, 3.63) is 59.2 Å². The fourth-order valence-corrected chi connectivity index (χ4v) is 2.06. The zero-order chi connectivity index (χ0) is 24.5. The summed E-state index contributed by atoms with van der Waals surface area (Å²) in [5, 5.41) is 0. The van der Waals surface area contributed by atoms with Crippen molar-refractivity contribution in [3.63, 3.8) is 0 Å². The second kappa shape index (κ2) is 7.64. The first-order chi connectivity index (χ1) is 14.4. The van der Waals surface area contributed by atoms with Crippen LogP contribution in [0.25, 0.3) is 0 Å². The van der Waals surface area contributed by atoms with E-state index in [1.165, 1.54) is 13.0 Å². The lowest BCUT2D eigenvalue weighted by Crippen LogP contribution is -2.07. The highest BCUT2D eigenvalue weighted by atomic mass is 16.5. The molecule has 2 aromatic carbocycles. The van der Waals surface area contributed by atoms with Crippen molar-refractivity contribution in [3.8, 4) is 11.5 Å². The molecule has 0 N–H and O–H groups in total. The van der Waals surface area contributed by atoms with Crippen molar-refractivity contribution in [1.82, 2.24) is 0 Å². The number of ketones is 1. The molecule has 0 aromatic heterocycles. The van der Waals surface area contributed by atoms with Crippen molar-refractivity contribution in [1.29, 1.82) is 0 Å². The van der Waals surface area contributed by atoms with Crippen LogP contribution in [-0.2, 0) is 6.42 Å². The van der Waals surface area contributed by atoms with Gasteiger partial charge in [0.25, 0.3) is 0 Å². The van der Waals surface area contributed by atoms with Gasteiger partial charge in [-0.25, -0.2) is 0 Å². The molecule has 0 heterocycles. The Bertz CT molecular complexity index is 966. The van der Waals surface area contributed by atoms with Crippen LogP contribution in [0.5, 0.6) is 11.5 Å². The monoisotopic (exact) mass is 308 g/mol. The molecule has 0 atom stereocenters. The van der Waals surface area contributed by atoms with E-state index in [0.717, 1.165) is 6.07 Å². The smallest absolute Gasteiger partial charge is 0.167 e. The number of benzene rings is 2. The minimum atomic E-state index is -3.13. The molecule has 0 fully saturated rings. The molecule has 22 heavy (non-hydrogen) atoms. The Morgan fingerprint density at radius 1 is 1.09 bits per heavy atom. The quantitative estimate of drug-likeness (QED) is 0.718. The summed E-state index contributed by atoms with van der Waals surface area (Å²) in [4.78, 5) is 12.7. The summed E-state index contributed by atoms with van der Waals surface area (Å²) >= 11 is 0. The Morgan fingerprint density at radius 3 is 2.45 bits per heavy atom. The molecule has 2 aromatic rings. The normalized spacial score (nSPS) is 19.5. The largest absolute Gasteiger partial charge is 0.494 e. The van der Waals surface area contributed by atoms with Crippen LogP contribution in [0.2, 0.25) is 0 Å². The number of hydrogen-bond donors (Lipinski definition) is 0. The summed E-state index contributed by atoms with van der Waals surface area (Å²) < 4.78 is 85.0. The van der Waals surface area contributed by atoms with Crippen molar-refractivity contribution in [2.75, 3.05) is 13.1 Å². The van der Waals surface area contributed by atoms with Crippen LogP contribution < -0.4 is 9.47 Å². The first-order valence-electron chi connectivity index (χ1n) is 11.5. The van der Waals surface area contributed by atoms with Crippen molar-refractivity contribution in [2.24, 2.45) is 0 Å². The Hall–Kier alpha value is -2.29. The van der Waals surface area contributed by atoms with E-state index in [2.05, 4.69) is 0 Å². The highest BCUT2D eigenvalue weighted by molar-refractivity contribution is 5.97. The molecular formula is C19H22O3. The predicted molar refractivity (Wildman–Crippen MR) is 88.0 cm³/mol. The van der Waals surface area contributed by atoms with Crippen LogP contribution in [0, 0.1) is 6.92 Å². The molecule has 0 aliphatic heterocycles. The first kappa shape index (κ1) is 7.32. The Morgan fingerprint density at radius 2 is 1.77 bits per heavy atom. The van der Waals surface area contributed by atoms with E-state index >= 15 is 0 Å². The molecule has 0 aliphatic rings. The van der Waals surface area contributed by atoms with Gasteiger partial charge >= 0.3 is 0 Å². The van der Waals surface area contributed by atoms with Gasteiger partial charge in [0.15, 0.2) is 5.78 Å². The third kappa shape index (κ3) is 3.88. The second-order valence-corrected chi connectivity index (χ2v) is 4.60. The third-order valence-electron chi connectivity index (χ3n) is 3.13. The molecule has 3 heteroatoms. The summed E-state index contributed by atoms with van der Waals surface area (Å²) in [5.41, 5.74) is 0.498. The van der Waals surface area contributed by atoms with Gasteiger partial charge in [0.2, 0.25) is 0 Å². The zero-order valence-electron chi connectivity index (χ0n) is 22.0. The van der Waals surface area contributed by atoms with Crippen molar-refractivity contribution < 1.29 is 28.0 Å². The molecule has 0 radical (unpaired) electrons. The molecule has 0 saturated carbocycles. The van der Waals surface area contributed by atoms with Crippen LogP contribution in [0.3, 0.4) is 0 Å². The summed E-state index contributed by atoms with van der Waals surface area (Å²) in [5.74, 6) is -0.864. The second-order valence-electron chi connectivity index (χ2n) is 4.60. The van der Waals surface area contributed by atoms with Gasteiger partial charge < -0.3 is 9.47 Å². The van der Waals surface area contributed by atoms with Gasteiger partial charge in [-0.15, -0.1) is 0 Å². The summed E-state index contributed by atoms with van der Waals surface area (Å²) in [6.07, 6.45) is -0.357. The number of ether oxygens (including phenoxy) is 2. The molecule has 0 spiro atoms. The van der Waals surface area contributed by atoms with Gasteiger partial charge in [-0.2, -0.15) is 0 Å². The SMILES string of the molecule is [2H]C([2H])([2H])C([2H])([2H])Oc1cc(CC(=O)c2ccccc2)c(OC([2H])([2H])C([2H])([2H])[2H])cc1C. The molecule has 0 bridgehead atoms. The molecule has 0 amide bonds. The van der Waals surface area contributed by atoms with Crippen LogP contribution >= 0.6 is 0 Å². The number of rotatable bonds is 7. The van der Waals surface area contributed by atoms with Gasteiger partial charge in [0, 0.05) is 25.8 Å². The summed E-state index contributed by atoms with van der Waals surface area (Å²) in [6.45, 7) is -10.9. The fourth-order valence-electron chi connectivity index (χ4n) is 2.06. The van der Waals surface area contributed by atoms with E-state index < -0.39 is 32.6 Å². The van der Waals surface area contributed by atoms with E-state index in [9.17, 15) is 4.79 Å². The maximum absolute atomic E-state index is 12.7. The molecule has 0 saturated heterocycles. The van der Waals surface area contributed by atoms with Gasteiger partial charge in [-0.1, -0.05) is 30.3 Å². The summed E-state index contributed by atoms with van der Waals surface area (Å²) in [7, 11) is 0. The number of Topliss-reactive ketones (excluding diaryl/α,β-unsaturated/α-hetero) is 1. The van der Waals surface area contributed by atoms with Gasteiger partial charge in [-0.05, 0) is 38.3 Å². The molecule has 0 unspecified atom stereocenters. The molecule has 2 rings (SSSR count). The fraction of sp³-hybridized carbons (Fsp3) is 0.316. The van der Waals surface area contributed by atoms with Crippen molar-refractivity contribution in [2.45, 2.75) is 27.0 Å². The average molecular weight is 308 g/mol. The standard InChI is InChI=1S/C19H22O3/c1-4-21-18-13-16(19(22-5-2)11-14(18)3)12-17(20)15-9-7-6-8-10-15/h6-11,13H,4-5,12H2,1-3H3/i1D3,2D3,4D2,5D2. The van der Waals surface area contributed by atoms with E-state index in [0.29, 0.717) is 5.56 Å². The topological polar surface area (TPSA) is 35.5 Å². The highest BCUT2D eigenvalue weighted by Crippen LogP contribution is 2.29. The van der Waals surface area contributed by atoms with Gasteiger partial charge in [0.05, 0.1) is 18.6 Å². The first-order valence-corrected chi connectivity index (χ1v) is 6.54. The van der Waals surface area contributed by atoms with E-state index in [-0.39, 0.29) is 29.0 Å². The van der Waals surface area contributed by atoms with E-state index in [4.69, 9.17) is 23.2 Å². The summed E-state index contributed by atoms with van der Waals surface area (Å²) in [6, 6.07) is 10.5. The minimum Gasteiger partial charge on any atom is -0.494 e. The predicted octanol–water partition coefficient (Wildman–Crippen LogP) is 4.22. The van der Waals surface area contributed by atoms with Crippen LogP contribution in [0.1, 0.15) is 48.9 Å². The minimum absolute atomic E-state index is 0.00826. The van der Waals surface area contributed by atoms with Crippen LogP contribution in [0.15, 0.2) is 42.5 Å². The van der Waals surface area contributed by atoms with Crippen LogP contribution in [0.4, 0.5) is 0 Å². The molecule has 0 aliphatic carbocycles. The Balaban J connectivity index is 2.53. The highest BCUT2D eigenvalue weighted by Gasteiger charge is 2.14. The van der Waals surface area contributed by atoms with Crippen molar-refractivity contribution >= 4 is 5.78 Å². The van der Waals surface area contributed by atoms with Gasteiger partial charge in [-0.3, -0.25) is 4.79 Å². The zero-order valence-corrected chi connectivity index (χ0v) is 12.0. The average Bonchev–Trinajstić information content (AvgIpc) is 2.63. The molecular weight excluding hydrogens is 276 g/mol.